The number of hydrogen-bond donors (Lipinski definition) is 1. The number of sulfonamides is 1. The lowest BCUT2D eigenvalue weighted by Gasteiger charge is -2.26. The van der Waals surface area contributed by atoms with E-state index < -0.39 is 33.1 Å². The van der Waals surface area contributed by atoms with Crippen molar-refractivity contribution >= 4 is 38.9 Å². The second-order valence-corrected chi connectivity index (χ2v) is 10.2. The van der Waals surface area contributed by atoms with E-state index in [1.807, 2.05) is 0 Å². The number of nitro benzene ring substituents is 1. The Kier molecular flexibility index (Phi) is 8.15. The SMILES string of the molecule is COc1ccc(N(CC(=O)NCC2CCCCC2)S(=O)(=O)c2ccc(Cl)c([N+](=O)[O-])c2)cc1. The molecule has 0 unspecified atom stereocenters. The summed E-state index contributed by atoms with van der Waals surface area (Å²) in [6.07, 6.45) is 5.52. The molecule has 33 heavy (non-hydrogen) atoms. The lowest BCUT2D eigenvalue weighted by atomic mass is 9.89. The normalized spacial score (nSPS) is 14.5. The highest BCUT2D eigenvalue weighted by molar-refractivity contribution is 7.92. The maximum Gasteiger partial charge on any atom is 0.289 e. The van der Waals surface area contributed by atoms with Crippen molar-refractivity contribution in [3.63, 3.8) is 0 Å². The van der Waals surface area contributed by atoms with Crippen LogP contribution in [0, 0.1) is 16.0 Å². The molecule has 0 atom stereocenters. The second-order valence-electron chi connectivity index (χ2n) is 7.89. The number of benzene rings is 2. The van der Waals surface area contributed by atoms with E-state index in [-0.39, 0.29) is 15.6 Å². The summed E-state index contributed by atoms with van der Waals surface area (Å²) in [6, 6.07) is 9.39. The summed E-state index contributed by atoms with van der Waals surface area (Å²) < 4.78 is 33.0. The third-order valence-corrected chi connectivity index (χ3v) is 7.75. The van der Waals surface area contributed by atoms with Gasteiger partial charge in [-0.1, -0.05) is 30.9 Å². The minimum absolute atomic E-state index is 0.180. The van der Waals surface area contributed by atoms with Crippen LogP contribution in [0.5, 0.6) is 5.75 Å². The average Bonchev–Trinajstić information content (AvgIpc) is 2.82. The predicted molar refractivity (Wildman–Crippen MR) is 125 cm³/mol. The van der Waals surface area contributed by atoms with Crippen LogP contribution >= 0.6 is 11.6 Å². The molecule has 1 aliphatic carbocycles. The molecule has 1 amide bonds. The predicted octanol–water partition coefficient (Wildman–Crippen LogP) is 4.15. The lowest BCUT2D eigenvalue weighted by molar-refractivity contribution is -0.384. The second kappa shape index (κ2) is 10.8. The van der Waals surface area contributed by atoms with Gasteiger partial charge in [0.15, 0.2) is 0 Å². The van der Waals surface area contributed by atoms with Gasteiger partial charge in [-0.25, -0.2) is 8.42 Å². The molecule has 178 valence electrons. The molecular formula is C22H26ClN3O6S. The Balaban J connectivity index is 1.89. The molecule has 1 N–H and O–H groups in total. The number of carbonyl (C=O) groups excluding carboxylic acids is 1. The number of anilines is 1. The first kappa shape index (κ1) is 24.8. The molecule has 0 spiro atoms. The molecule has 1 fully saturated rings. The van der Waals surface area contributed by atoms with Crippen LogP contribution in [0.1, 0.15) is 32.1 Å². The number of halogens is 1. The standard InChI is InChI=1S/C22H26ClN3O6S/c1-32-18-9-7-17(8-10-18)25(15-22(27)24-14-16-5-3-2-4-6-16)33(30,31)19-11-12-20(23)21(13-19)26(28)29/h7-13,16H,2-6,14-15H2,1H3,(H,24,27). The maximum absolute atomic E-state index is 13.5. The van der Waals surface area contributed by atoms with Gasteiger partial charge in [0.2, 0.25) is 5.91 Å². The number of nitro groups is 1. The Morgan fingerprint density at radius 1 is 1.18 bits per heavy atom. The van der Waals surface area contributed by atoms with Crippen LogP contribution < -0.4 is 14.4 Å². The van der Waals surface area contributed by atoms with Crippen LogP contribution in [0.15, 0.2) is 47.4 Å². The minimum atomic E-state index is -4.32. The van der Waals surface area contributed by atoms with Crippen LogP contribution in [-0.2, 0) is 14.8 Å². The van der Waals surface area contributed by atoms with Crippen LogP contribution in [0.2, 0.25) is 5.02 Å². The first-order valence-electron chi connectivity index (χ1n) is 10.6. The van der Waals surface area contributed by atoms with Gasteiger partial charge in [0, 0.05) is 12.6 Å². The molecule has 0 aliphatic heterocycles. The van der Waals surface area contributed by atoms with E-state index in [0.29, 0.717) is 18.2 Å². The highest BCUT2D eigenvalue weighted by Crippen LogP contribution is 2.31. The summed E-state index contributed by atoms with van der Waals surface area (Å²) in [7, 11) is -2.83. The van der Waals surface area contributed by atoms with Crippen LogP contribution in [0.4, 0.5) is 11.4 Å². The van der Waals surface area contributed by atoms with E-state index in [9.17, 15) is 23.3 Å². The van der Waals surface area contributed by atoms with E-state index in [4.69, 9.17) is 16.3 Å². The third kappa shape index (κ3) is 6.14. The van der Waals surface area contributed by atoms with Gasteiger partial charge in [0.1, 0.15) is 17.3 Å². The molecule has 2 aromatic rings. The van der Waals surface area contributed by atoms with E-state index in [2.05, 4.69) is 5.32 Å². The Hall–Kier alpha value is -2.85. The monoisotopic (exact) mass is 495 g/mol. The molecule has 0 radical (unpaired) electrons. The molecule has 1 aliphatic rings. The molecular weight excluding hydrogens is 470 g/mol. The van der Waals surface area contributed by atoms with Crippen molar-refractivity contribution in [2.75, 3.05) is 24.5 Å². The number of carbonyl (C=O) groups is 1. The summed E-state index contributed by atoms with van der Waals surface area (Å²) in [6.45, 7) is 0.0134. The fraction of sp³-hybridized carbons (Fsp3) is 0.409. The van der Waals surface area contributed by atoms with Crippen molar-refractivity contribution in [2.24, 2.45) is 5.92 Å². The average molecular weight is 496 g/mol. The van der Waals surface area contributed by atoms with E-state index >= 15 is 0 Å². The van der Waals surface area contributed by atoms with Crippen LogP contribution in [-0.4, -0.2) is 39.4 Å². The van der Waals surface area contributed by atoms with Crippen molar-refractivity contribution in [3.05, 3.63) is 57.6 Å². The number of hydrogen-bond acceptors (Lipinski definition) is 6. The number of rotatable bonds is 9. The molecule has 1 saturated carbocycles. The zero-order chi connectivity index (χ0) is 24.0. The molecule has 11 heteroatoms. The minimum Gasteiger partial charge on any atom is -0.497 e. The zero-order valence-corrected chi connectivity index (χ0v) is 19.8. The number of nitrogens with zero attached hydrogens (tertiary/aromatic N) is 2. The highest BCUT2D eigenvalue weighted by Gasteiger charge is 2.30. The van der Waals surface area contributed by atoms with Crippen LogP contribution in [0.3, 0.4) is 0 Å². The van der Waals surface area contributed by atoms with Gasteiger partial charge >= 0.3 is 0 Å². The molecule has 0 saturated heterocycles. The van der Waals surface area contributed by atoms with Crippen molar-refractivity contribution in [1.29, 1.82) is 0 Å². The topological polar surface area (TPSA) is 119 Å². The maximum atomic E-state index is 13.5. The highest BCUT2D eigenvalue weighted by atomic mass is 35.5. The van der Waals surface area contributed by atoms with Gasteiger partial charge in [-0.05, 0) is 55.2 Å². The summed E-state index contributed by atoms with van der Waals surface area (Å²) in [5, 5.41) is 13.9. The van der Waals surface area contributed by atoms with Gasteiger partial charge in [0.25, 0.3) is 15.7 Å². The first-order valence-corrected chi connectivity index (χ1v) is 12.4. The van der Waals surface area contributed by atoms with Gasteiger partial charge in [0.05, 0.1) is 22.6 Å². The zero-order valence-electron chi connectivity index (χ0n) is 18.2. The molecule has 3 rings (SSSR count). The third-order valence-electron chi connectivity index (χ3n) is 5.66. The van der Waals surface area contributed by atoms with E-state index in [0.717, 1.165) is 42.1 Å². The largest absolute Gasteiger partial charge is 0.497 e. The smallest absolute Gasteiger partial charge is 0.289 e. The summed E-state index contributed by atoms with van der Waals surface area (Å²) in [5.74, 6) is 0.441. The molecule has 0 heterocycles. The van der Waals surface area contributed by atoms with Crippen molar-refractivity contribution < 1.29 is 22.9 Å². The molecule has 0 aromatic heterocycles. The van der Waals surface area contributed by atoms with Gasteiger partial charge in [-0.15, -0.1) is 0 Å². The van der Waals surface area contributed by atoms with Gasteiger partial charge in [-0.2, -0.15) is 0 Å². The number of amides is 1. The Morgan fingerprint density at radius 3 is 2.45 bits per heavy atom. The fourth-order valence-electron chi connectivity index (χ4n) is 3.82. The Bertz CT molecular complexity index is 1100. The van der Waals surface area contributed by atoms with Crippen molar-refractivity contribution in [1.82, 2.24) is 5.32 Å². The quantitative estimate of drug-likeness (QED) is 0.412. The lowest BCUT2D eigenvalue weighted by Crippen LogP contribution is -2.42. The van der Waals surface area contributed by atoms with Crippen LogP contribution in [0.25, 0.3) is 0 Å². The van der Waals surface area contributed by atoms with E-state index in [1.54, 1.807) is 12.1 Å². The van der Waals surface area contributed by atoms with E-state index in [1.165, 1.54) is 31.7 Å². The van der Waals surface area contributed by atoms with Crippen molar-refractivity contribution in [2.45, 2.75) is 37.0 Å². The molecule has 0 bridgehead atoms. The van der Waals surface area contributed by atoms with Gasteiger partial charge in [-0.3, -0.25) is 19.2 Å². The van der Waals surface area contributed by atoms with Crippen molar-refractivity contribution in [3.8, 4) is 5.75 Å². The first-order chi connectivity index (χ1) is 15.7. The van der Waals surface area contributed by atoms with Gasteiger partial charge < -0.3 is 10.1 Å². The number of methoxy groups -OCH3 is 1. The Labute approximate surface area is 197 Å². The molecule has 9 nitrogen and oxygen atoms in total. The fourth-order valence-corrected chi connectivity index (χ4v) is 5.45. The summed E-state index contributed by atoms with van der Waals surface area (Å²) in [4.78, 5) is 22.9. The summed E-state index contributed by atoms with van der Waals surface area (Å²) >= 11 is 5.84. The Morgan fingerprint density at radius 2 is 1.85 bits per heavy atom. The number of ether oxygens (including phenoxy) is 1. The number of nitrogens with one attached hydrogen (secondary N) is 1. The summed E-state index contributed by atoms with van der Waals surface area (Å²) in [5.41, 5.74) is -0.310. The molecule has 2 aromatic carbocycles.